The van der Waals surface area contributed by atoms with Crippen LogP contribution in [0.1, 0.15) is 20.8 Å². The van der Waals surface area contributed by atoms with Crippen LogP contribution in [0, 0.1) is 0 Å². The molecule has 4 aromatic rings. The molecule has 0 bridgehead atoms. The quantitative estimate of drug-likeness (QED) is 0.428. The Morgan fingerprint density at radius 3 is 2.62 bits per heavy atom. The summed E-state index contributed by atoms with van der Waals surface area (Å²) in [7, 11) is 1.88. The second kappa shape index (κ2) is 8.43. The van der Waals surface area contributed by atoms with Crippen molar-refractivity contribution in [3.8, 4) is 11.1 Å². The van der Waals surface area contributed by atoms with Crippen molar-refractivity contribution in [2.45, 2.75) is 32.9 Å². The fraction of sp³-hybridized carbons (Fsp3) is 0.304. The zero-order chi connectivity index (χ0) is 22.9. The Hall–Kier alpha value is -3.72. The molecule has 0 spiro atoms. The van der Waals surface area contributed by atoms with Crippen LogP contribution in [0.3, 0.4) is 0 Å². The number of rotatable bonds is 6. The maximum atomic E-state index is 13.0. The summed E-state index contributed by atoms with van der Waals surface area (Å²) in [4.78, 5) is 22.1. The summed E-state index contributed by atoms with van der Waals surface area (Å²) in [5.74, 6) is 1.69. The minimum absolute atomic E-state index is 0.112. The van der Waals surface area contributed by atoms with Crippen molar-refractivity contribution in [2.24, 2.45) is 7.05 Å². The van der Waals surface area contributed by atoms with Crippen LogP contribution in [0.25, 0.3) is 21.9 Å². The monoisotopic (exact) mass is 433 g/mol. The zero-order valence-electron chi connectivity index (χ0n) is 18.6. The summed E-state index contributed by atoms with van der Waals surface area (Å²) in [6.07, 6.45) is 7.16. The molecule has 4 rings (SSSR count). The molecule has 32 heavy (non-hydrogen) atoms. The summed E-state index contributed by atoms with van der Waals surface area (Å²) in [6.45, 7) is 6.15. The van der Waals surface area contributed by atoms with E-state index in [4.69, 9.17) is 4.98 Å². The van der Waals surface area contributed by atoms with Gasteiger partial charge in [0.1, 0.15) is 17.5 Å². The number of pyridine rings is 3. The Balaban J connectivity index is 1.76. The number of nitrogens with one attached hydrogen (secondary N) is 2. The number of hydrogen-bond acceptors (Lipinski definition) is 7. The fourth-order valence-corrected chi connectivity index (χ4v) is 3.48. The highest BCUT2D eigenvalue weighted by molar-refractivity contribution is 5.93. The Morgan fingerprint density at radius 1 is 1.12 bits per heavy atom. The maximum absolute atomic E-state index is 13.0. The average Bonchev–Trinajstić information content (AvgIpc) is 3.15. The molecular formula is C23H27N7O2. The lowest BCUT2D eigenvalue weighted by molar-refractivity contribution is 0.274. The van der Waals surface area contributed by atoms with Gasteiger partial charge in [-0.1, -0.05) is 0 Å². The second-order valence-electron chi connectivity index (χ2n) is 8.69. The van der Waals surface area contributed by atoms with E-state index in [1.54, 1.807) is 23.3 Å². The Kier molecular flexibility index (Phi) is 5.67. The molecule has 9 heteroatoms. The predicted molar refractivity (Wildman–Crippen MR) is 126 cm³/mol. The first-order chi connectivity index (χ1) is 15.2. The van der Waals surface area contributed by atoms with Crippen molar-refractivity contribution in [3.05, 3.63) is 59.4 Å². The smallest absolute Gasteiger partial charge is 0.262 e. The lowest BCUT2D eigenvalue weighted by Crippen LogP contribution is -2.29. The number of nitrogens with zero attached hydrogens (tertiary/aromatic N) is 5. The third-order valence-electron chi connectivity index (χ3n) is 4.85. The van der Waals surface area contributed by atoms with Crippen LogP contribution in [0.5, 0.6) is 0 Å². The number of anilines is 3. The van der Waals surface area contributed by atoms with E-state index in [0.29, 0.717) is 22.8 Å². The van der Waals surface area contributed by atoms with E-state index in [0.717, 1.165) is 16.5 Å². The molecular weight excluding hydrogens is 406 g/mol. The summed E-state index contributed by atoms with van der Waals surface area (Å²) >= 11 is 0. The molecule has 0 aliphatic carbocycles. The number of aliphatic hydroxyl groups excluding tert-OH is 1. The van der Waals surface area contributed by atoms with Crippen LogP contribution in [0.15, 0.2) is 53.8 Å². The molecule has 0 aliphatic rings. The number of aryl methyl sites for hydroxylation is 1. The van der Waals surface area contributed by atoms with Crippen molar-refractivity contribution in [1.82, 2.24) is 24.3 Å². The first-order valence-electron chi connectivity index (χ1n) is 10.4. The normalized spacial score (nSPS) is 11.7. The third kappa shape index (κ3) is 4.62. The molecule has 0 unspecified atom stereocenters. The molecule has 0 atom stereocenters. The Labute approximate surface area is 185 Å². The van der Waals surface area contributed by atoms with Crippen molar-refractivity contribution < 1.29 is 5.11 Å². The van der Waals surface area contributed by atoms with Crippen molar-refractivity contribution in [1.29, 1.82) is 0 Å². The molecule has 166 valence electrons. The number of aliphatic hydroxyl groups is 1. The fourth-order valence-electron chi connectivity index (χ4n) is 3.48. The van der Waals surface area contributed by atoms with Gasteiger partial charge < -0.3 is 20.3 Å². The van der Waals surface area contributed by atoms with Crippen molar-refractivity contribution in [2.75, 3.05) is 17.2 Å². The molecule has 3 N–H and O–H groups in total. The van der Waals surface area contributed by atoms with Gasteiger partial charge in [0.05, 0.1) is 18.2 Å². The molecule has 0 radical (unpaired) electrons. The van der Waals surface area contributed by atoms with Crippen LogP contribution in [0.2, 0.25) is 0 Å². The lowest BCUT2D eigenvalue weighted by Gasteiger charge is -2.23. The van der Waals surface area contributed by atoms with Crippen molar-refractivity contribution in [3.63, 3.8) is 0 Å². The van der Waals surface area contributed by atoms with E-state index in [2.05, 4.69) is 20.7 Å². The van der Waals surface area contributed by atoms with E-state index in [1.807, 2.05) is 58.3 Å². The Morgan fingerprint density at radius 2 is 1.94 bits per heavy atom. The van der Waals surface area contributed by atoms with Crippen LogP contribution >= 0.6 is 0 Å². The highest BCUT2D eigenvalue weighted by atomic mass is 16.3. The largest absolute Gasteiger partial charge is 0.395 e. The topological polar surface area (TPSA) is 110 Å². The minimum atomic E-state index is -0.304. The molecule has 4 heterocycles. The first-order valence-corrected chi connectivity index (χ1v) is 10.4. The molecule has 0 saturated carbocycles. The predicted octanol–water partition coefficient (Wildman–Crippen LogP) is 3.14. The number of aromatic nitrogens is 5. The summed E-state index contributed by atoms with van der Waals surface area (Å²) in [5, 5.41) is 21.3. The van der Waals surface area contributed by atoms with Crippen LogP contribution < -0.4 is 16.2 Å². The van der Waals surface area contributed by atoms with Gasteiger partial charge in [-0.05, 0) is 56.0 Å². The van der Waals surface area contributed by atoms with Crippen LogP contribution in [-0.2, 0) is 13.6 Å². The molecule has 0 fully saturated rings. The average molecular weight is 434 g/mol. The van der Waals surface area contributed by atoms with E-state index >= 15 is 0 Å². The third-order valence-corrected chi connectivity index (χ3v) is 4.85. The van der Waals surface area contributed by atoms with E-state index in [-0.39, 0.29) is 24.2 Å². The number of hydrogen-bond donors (Lipinski definition) is 3. The van der Waals surface area contributed by atoms with Gasteiger partial charge in [-0.15, -0.1) is 0 Å². The van der Waals surface area contributed by atoms with Gasteiger partial charge in [0.15, 0.2) is 0 Å². The van der Waals surface area contributed by atoms with Gasteiger partial charge >= 0.3 is 0 Å². The first kappa shape index (κ1) is 21.5. The summed E-state index contributed by atoms with van der Waals surface area (Å²) in [5.41, 5.74) is 1.47. The SMILES string of the molecule is Cn1cc(-c2ccnc(Nc3cc4ccn(CCO)c(=O)c4c(NC(C)(C)C)n3)c2)cn1. The van der Waals surface area contributed by atoms with E-state index in [9.17, 15) is 9.90 Å². The van der Waals surface area contributed by atoms with Crippen LogP contribution in [-0.4, -0.2) is 41.6 Å². The molecule has 4 aromatic heterocycles. The van der Waals surface area contributed by atoms with Gasteiger partial charge in [-0.2, -0.15) is 5.10 Å². The highest BCUT2D eigenvalue weighted by Crippen LogP contribution is 2.27. The second-order valence-corrected chi connectivity index (χ2v) is 8.69. The molecule has 0 amide bonds. The van der Waals surface area contributed by atoms with Crippen LogP contribution in [0.4, 0.5) is 17.5 Å². The van der Waals surface area contributed by atoms with E-state index in [1.165, 1.54) is 4.57 Å². The molecule has 0 saturated heterocycles. The van der Waals surface area contributed by atoms with Gasteiger partial charge in [0, 0.05) is 43.3 Å². The maximum Gasteiger partial charge on any atom is 0.262 e. The molecule has 0 aliphatic heterocycles. The standard InChI is InChI=1S/C23H27N7O2/c1-23(2,3)28-21-20-16(6-8-30(9-10-31)22(20)32)12-19(27-21)26-18-11-15(5-7-24-18)17-13-25-29(4)14-17/h5-8,11-14,31H,9-10H2,1-4H3,(H2,24,26,27,28). The molecule has 9 nitrogen and oxygen atoms in total. The van der Waals surface area contributed by atoms with Gasteiger partial charge in [-0.25, -0.2) is 9.97 Å². The number of fused-ring (bicyclic) bond motifs is 1. The van der Waals surface area contributed by atoms with Crippen molar-refractivity contribution >= 4 is 28.2 Å². The summed E-state index contributed by atoms with van der Waals surface area (Å²) in [6, 6.07) is 7.53. The van der Waals surface area contributed by atoms with Gasteiger partial charge in [0.2, 0.25) is 0 Å². The summed E-state index contributed by atoms with van der Waals surface area (Å²) < 4.78 is 3.24. The van der Waals surface area contributed by atoms with Gasteiger partial charge in [-0.3, -0.25) is 9.48 Å². The highest BCUT2D eigenvalue weighted by Gasteiger charge is 2.17. The van der Waals surface area contributed by atoms with Gasteiger partial charge in [0.25, 0.3) is 5.56 Å². The minimum Gasteiger partial charge on any atom is -0.395 e. The van der Waals surface area contributed by atoms with E-state index < -0.39 is 0 Å². The molecule has 0 aromatic carbocycles. The zero-order valence-corrected chi connectivity index (χ0v) is 18.6. The lowest BCUT2D eigenvalue weighted by atomic mass is 10.1. The Bertz CT molecular complexity index is 1320.